The van der Waals surface area contributed by atoms with Gasteiger partial charge in [-0.05, 0) is 87.3 Å². The van der Waals surface area contributed by atoms with Gasteiger partial charge >= 0.3 is 7.12 Å². The highest BCUT2D eigenvalue weighted by atomic mass is 32.1. The molecule has 0 saturated carbocycles. The molecular weight excluding hydrogens is 336 g/mol. The molecule has 0 amide bonds. The molecule has 0 radical (unpaired) electrons. The van der Waals surface area contributed by atoms with E-state index in [1.807, 2.05) is 44.5 Å². The molecule has 6 heteroatoms. The van der Waals surface area contributed by atoms with Gasteiger partial charge in [-0.25, -0.2) is 4.39 Å². The molecule has 3 aliphatic heterocycles. The van der Waals surface area contributed by atoms with Crippen molar-refractivity contribution in [1.82, 2.24) is 5.32 Å². The van der Waals surface area contributed by atoms with Gasteiger partial charge in [-0.3, -0.25) is 0 Å². The molecule has 4 heterocycles. The maximum absolute atomic E-state index is 15.7. The Morgan fingerprint density at radius 2 is 1.76 bits per heavy atom. The number of nitrogens with one attached hydrogen (secondary N) is 1. The molecule has 136 valence electrons. The van der Waals surface area contributed by atoms with Crippen LogP contribution >= 0.6 is 11.3 Å². The first kappa shape index (κ1) is 17.7. The molecule has 0 aliphatic carbocycles. The van der Waals surface area contributed by atoms with Crippen molar-refractivity contribution in [2.24, 2.45) is 5.92 Å². The zero-order valence-corrected chi connectivity index (χ0v) is 16.3. The van der Waals surface area contributed by atoms with Crippen molar-refractivity contribution in [2.45, 2.75) is 76.7 Å². The van der Waals surface area contributed by atoms with Gasteiger partial charge < -0.3 is 14.6 Å². The Bertz CT molecular complexity index is 645. The maximum atomic E-state index is 15.7. The fourth-order valence-electron chi connectivity index (χ4n) is 4.35. The van der Waals surface area contributed by atoms with Crippen LogP contribution in [0.25, 0.3) is 5.57 Å². The average Bonchev–Trinajstić information content (AvgIpc) is 3.20. The Hall–Kier alpha value is -0.685. The summed E-state index contributed by atoms with van der Waals surface area (Å²) in [5.41, 5.74) is 0.508. The van der Waals surface area contributed by atoms with Crippen LogP contribution in [0.4, 0.5) is 4.39 Å². The summed E-state index contributed by atoms with van der Waals surface area (Å²) in [5, 5.41) is 7.71. The number of piperidine rings is 1. The summed E-state index contributed by atoms with van der Waals surface area (Å²) in [6.07, 6.45) is 4.40. The van der Waals surface area contributed by atoms with Gasteiger partial charge in [0, 0.05) is 12.1 Å². The molecule has 2 atom stereocenters. The molecule has 0 spiro atoms. The maximum Gasteiger partial charge on any atom is 0.525 e. The minimum absolute atomic E-state index is 0.229. The third-order valence-electron chi connectivity index (χ3n) is 6.43. The second kappa shape index (κ2) is 6.19. The van der Waals surface area contributed by atoms with Gasteiger partial charge in [0.05, 0.1) is 11.2 Å². The van der Waals surface area contributed by atoms with Crippen LogP contribution < -0.4 is 5.32 Å². The second-order valence-electron chi connectivity index (χ2n) is 8.67. The molecule has 2 unspecified atom stereocenters. The number of rotatable bonds is 3. The van der Waals surface area contributed by atoms with Gasteiger partial charge in [0.25, 0.3) is 0 Å². The quantitative estimate of drug-likeness (QED) is 0.797. The summed E-state index contributed by atoms with van der Waals surface area (Å²) in [5.74, 6) is 0.229. The van der Waals surface area contributed by atoms with Crippen LogP contribution in [0.5, 0.6) is 0 Å². The predicted octanol–water partition coefficient (Wildman–Crippen LogP) is 4.59. The Morgan fingerprint density at radius 3 is 2.28 bits per heavy atom. The minimum atomic E-state index is -0.910. The molecule has 1 N–H and O–H groups in total. The summed E-state index contributed by atoms with van der Waals surface area (Å²) in [6.45, 7) is 7.87. The molecule has 4 rings (SSSR count). The number of halogens is 1. The van der Waals surface area contributed by atoms with Gasteiger partial charge in [-0.2, -0.15) is 11.3 Å². The highest BCUT2D eigenvalue weighted by Crippen LogP contribution is 2.45. The zero-order valence-electron chi connectivity index (χ0n) is 15.5. The van der Waals surface area contributed by atoms with Crippen molar-refractivity contribution in [3.05, 3.63) is 28.1 Å². The molecule has 0 aromatic carbocycles. The zero-order chi connectivity index (χ0) is 17.8. The fraction of sp³-hybridized carbons (Fsp3) is 0.684. The van der Waals surface area contributed by atoms with Gasteiger partial charge in [0.15, 0.2) is 0 Å². The molecule has 25 heavy (non-hydrogen) atoms. The normalized spacial score (nSPS) is 34.3. The van der Waals surface area contributed by atoms with Crippen molar-refractivity contribution >= 4 is 24.0 Å². The Kier molecular flexibility index (Phi) is 4.38. The molecule has 1 aromatic heterocycles. The Balaban J connectivity index is 1.69. The lowest BCUT2D eigenvalue weighted by atomic mass is 9.75. The van der Waals surface area contributed by atoms with Gasteiger partial charge in [0.1, 0.15) is 5.73 Å². The molecule has 3 nitrogen and oxygen atoms in total. The number of hydrogen-bond donors (Lipinski definition) is 1. The van der Waals surface area contributed by atoms with E-state index < -0.39 is 18.3 Å². The van der Waals surface area contributed by atoms with Crippen LogP contribution in [0.3, 0.4) is 0 Å². The van der Waals surface area contributed by atoms with E-state index in [0.29, 0.717) is 12.1 Å². The monoisotopic (exact) mass is 363 g/mol. The second-order valence-corrected chi connectivity index (χ2v) is 9.45. The van der Waals surface area contributed by atoms with Crippen LogP contribution in [0.15, 0.2) is 22.6 Å². The lowest BCUT2D eigenvalue weighted by Crippen LogP contribution is -2.41. The summed E-state index contributed by atoms with van der Waals surface area (Å²) in [7, 11) is -0.910. The SMILES string of the molecule is CC1(C)OB(C(F)=C(c2ccsc2)C2CC3CCC(C2)N3)OC1(C)C. The van der Waals surface area contributed by atoms with E-state index in [0.717, 1.165) is 24.0 Å². The van der Waals surface area contributed by atoms with E-state index in [9.17, 15) is 0 Å². The van der Waals surface area contributed by atoms with E-state index in [4.69, 9.17) is 9.31 Å². The van der Waals surface area contributed by atoms with E-state index in [2.05, 4.69) is 5.32 Å². The summed E-state index contributed by atoms with van der Waals surface area (Å²) < 4.78 is 27.7. The van der Waals surface area contributed by atoms with E-state index >= 15 is 4.39 Å². The molecule has 3 fully saturated rings. The lowest BCUT2D eigenvalue weighted by molar-refractivity contribution is 0.00578. The lowest BCUT2D eigenvalue weighted by Gasteiger charge is -2.32. The van der Waals surface area contributed by atoms with Crippen molar-refractivity contribution < 1.29 is 13.7 Å². The van der Waals surface area contributed by atoms with Crippen LogP contribution in [-0.4, -0.2) is 30.4 Å². The molecule has 1 aromatic rings. The van der Waals surface area contributed by atoms with Crippen LogP contribution in [0, 0.1) is 5.92 Å². The highest BCUT2D eigenvalue weighted by Gasteiger charge is 2.54. The fourth-order valence-corrected chi connectivity index (χ4v) is 5.01. The van der Waals surface area contributed by atoms with Crippen molar-refractivity contribution in [2.75, 3.05) is 0 Å². The molecular formula is C19H27BFNO2S. The third-order valence-corrected chi connectivity index (χ3v) is 7.11. The summed E-state index contributed by atoms with van der Waals surface area (Å²) in [4.78, 5) is 0. The third kappa shape index (κ3) is 3.11. The van der Waals surface area contributed by atoms with E-state index in [1.165, 1.54) is 12.8 Å². The number of allylic oxidation sites excluding steroid dienone is 1. The topological polar surface area (TPSA) is 30.5 Å². The number of fused-ring (bicyclic) bond motifs is 2. The Labute approximate surface area is 154 Å². The number of thiophene rings is 1. The Morgan fingerprint density at radius 1 is 1.16 bits per heavy atom. The van der Waals surface area contributed by atoms with Gasteiger partial charge in [-0.15, -0.1) is 0 Å². The van der Waals surface area contributed by atoms with Crippen LogP contribution in [0.1, 0.15) is 58.9 Å². The molecule has 2 bridgehead atoms. The van der Waals surface area contributed by atoms with Crippen molar-refractivity contribution in [3.8, 4) is 0 Å². The average molecular weight is 363 g/mol. The van der Waals surface area contributed by atoms with Gasteiger partial charge in [0.2, 0.25) is 0 Å². The standard InChI is InChI=1S/C19H27BFNO2S/c1-18(2)19(3,4)24-20(23-18)17(21)16(12-7-8-25-11-12)13-9-14-5-6-15(10-13)22-14/h7-8,11,13-15,22H,5-6,9-10H2,1-4H3. The van der Waals surface area contributed by atoms with Crippen LogP contribution in [0.2, 0.25) is 0 Å². The highest BCUT2D eigenvalue weighted by molar-refractivity contribution is 7.08. The van der Waals surface area contributed by atoms with Crippen molar-refractivity contribution in [3.63, 3.8) is 0 Å². The smallest absolute Gasteiger partial charge is 0.398 e. The molecule has 3 aliphatic rings. The number of hydrogen-bond acceptors (Lipinski definition) is 4. The first-order valence-corrected chi connectivity index (χ1v) is 10.2. The minimum Gasteiger partial charge on any atom is -0.398 e. The van der Waals surface area contributed by atoms with Crippen LogP contribution in [-0.2, 0) is 9.31 Å². The molecule has 3 saturated heterocycles. The largest absolute Gasteiger partial charge is 0.525 e. The van der Waals surface area contributed by atoms with Crippen molar-refractivity contribution in [1.29, 1.82) is 0 Å². The predicted molar refractivity (Wildman–Crippen MR) is 101 cm³/mol. The summed E-state index contributed by atoms with van der Waals surface area (Å²) in [6, 6.07) is 3.06. The first-order chi connectivity index (χ1) is 11.8. The van der Waals surface area contributed by atoms with Gasteiger partial charge in [-0.1, -0.05) is 0 Å². The summed E-state index contributed by atoms with van der Waals surface area (Å²) >= 11 is 1.61. The van der Waals surface area contributed by atoms with E-state index in [-0.39, 0.29) is 11.6 Å². The first-order valence-electron chi connectivity index (χ1n) is 9.30. The van der Waals surface area contributed by atoms with E-state index in [1.54, 1.807) is 11.3 Å².